The lowest BCUT2D eigenvalue weighted by Crippen LogP contribution is -2.03. The number of carboxylic acid groups (broad SMARTS) is 1. The van der Waals surface area contributed by atoms with Crippen molar-refractivity contribution < 1.29 is 14.7 Å². The average molecular weight is 210 g/mol. The van der Waals surface area contributed by atoms with Gasteiger partial charge in [0.15, 0.2) is 5.78 Å². The summed E-state index contributed by atoms with van der Waals surface area (Å²) < 4.78 is 0. The van der Waals surface area contributed by atoms with E-state index in [1.54, 1.807) is 0 Å². The zero-order chi connectivity index (χ0) is 11.8. The minimum Gasteiger partial charge on any atom is -0.481 e. The van der Waals surface area contributed by atoms with Gasteiger partial charge in [-0.15, -0.1) is 0 Å². The highest BCUT2D eigenvalue weighted by molar-refractivity contribution is 6.01. The summed E-state index contributed by atoms with van der Waals surface area (Å²) in [5.41, 5.74) is 2.18. The molecule has 0 spiro atoms. The number of hydrogen-bond donors (Lipinski definition) is 1. The van der Waals surface area contributed by atoms with Crippen molar-refractivity contribution >= 4 is 11.8 Å². The normalized spacial score (nSPS) is 11.0. The van der Waals surface area contributed by atoms with E-state index in [1.807, 2.05) is 20.8 Å². The van der Waals surface area contributed by atoms with E-state index in [2.05, 4.69) is 6.08 Å². The summed E-state index contributed by atoms with van der Waals surface area (Å²) in [5.74, 6) is -1.41. The van der Waals surface area contributed by atoms with Crippen molar-refractivity contribution in [3.05, 3.63) is 23.3 Å². The molecular weight excluding hydrogens is 192 g/mol. The van der Waals surface area contributed by atoms with Crippen LogP contribution in [-0.2, 0) is 9.59 Å². The number of carbonyl (C=O) groups excluding carboxylic acids is 1. The van der Waals surface area contributed by atoms with Crippen LogP contribution in [0.5, 0.6) is 0 Å². The summed E-state index contributed by atoms with van der Waals surface area (Å²) in [6, 6.07) is 0. The van der Waals surface area contributed by atoms with E-state index in [4.69, 9.17) is 5.11 Å². The van der Waals surface area contributed by atoms with E-state index >= 15 is 0 Å². The molecule has 0 aliphatic heterocycles. The van der Waals surface area contributed by atoms with Gasteiger partial charge in [0.1, 0.15) is 6.42 Å². The van der Waals surface area contributed by atoms with Crippen molar-refractivity contribution in [2.45, 2.75) is 40.0 Å². The van der Waals surface area contributed by atoms with Crippen LogP contribution in [0.2, 0.25) is 0 Å². The Labute approximate surface area is 90.5 Å². The number of rotatable bonds is 6. The Bertz CT molecular complexity index is 294. The Morgan fingerprint density at radius 3 is 2.27 bits per heavy atom. The molecule has 0 amide bonds. The van der Waals surface area contributed by atoms with Gasteiger partial charge >= 0.3 is 5.97 Å². The molecule has 3 heteroatoms. The Morgan fingerprint density at radius 2 is 1.80 bits per heavy atom. The van der Waals surface area contributed by atoms with E-state index in [-0.39, 0.29) is 5.78 Å². The van der Waals surface area contributed by atoms with Crippen LogP contribution in [0.3, 0.4) is 0 Å². The maximum atomic E-state index is 11.1. The second-order valence-corrected chi connectivity index (χ2v) is 3.85. The molecule has 0 aromatic heterocycles. The minimum absolute atomic E-state index is 0.336. The maximum absolute atomic E-state index is 11.1. The number of carboxylic acids is 1. The van der Waals surface area contributed by atoms with Gasteiger partial charge in [-0.2, -0.15) is 0 Å². The predicted octanol–water partition coefficient (Wildman–Crippen LogP) is 2.72. The quantitative estimate of drug-likeness (QED) is 0.416. The molecule has 0 aliphatic carbocycles. The number of hydrogen-bond acceptors (Lipinski definition) is 2. The van der Waals surface area contributed by atoms with Gasteiger partial charge < -0.3 is 5.11 Å². The van der Waals surface area contributed by atoms with Crippen LogP contribution in [0, 0.1) is 0 Å². The first-order chi connectivity index (χ1) is 6.91. The summed E-state index contributed by atoms with van der Waals surface area (Å²) >= 11 is 0. The fourth-order valence-corrected chi connectivity index (χ4v) is 1.14. The van der Waals surface area contributed by atoms with Gasteiger partial charge in [0.25, 0.3) is 0 Å². The van der Waals surface area contributed by atoms with E-state index in [0.717, 1.165) is 18.4 Å². The molecule has 0 radical (unpaired) electrons. The number of allylic oxidation sites excluding steroid dienone is 4. The third-order valence-corrected chi connectivity index (χ3v) is 1.82. The first-order valence-corrected chi connectivity index (χ1v) is 4.97. The van der Waals surface area contributed by atoms with Crippen molar-refractivity contribution in [2.75, 3.05) is 0 Å². The molecule has 0 saturated carbocycles. The smallest absolute Gasteiger partial charge is 0.311 e. The Hall–Kier alpha value is -1.38. The van der Waals surface area contributed by atoms with Gasteiger partial charge in [-0.05, 0) is 39.7 Å². The van der Waals surface area contributed by atoms with E-state index in [9.17, 15) is 9.59 Å². The second-order valence-electron chi connectivity index (χ2n) is 3.85. The number of aliphatic carboxylic acids is 1. The number of carbonyl (C=O) groups is 2. The van der Waals surface area contributed by atoms with E-state index < -0.39 is 12.4 Å². The Kier molecular flexibility index (Phi) is 6.34. The van der Waals surface area contributed by atoms with Crippen LogP contribution >= 0.6 is 0 Å². The molecule has 0 unspecified atom stereocenters. The topological polar surface area (TPSA) is 54.4 Å². The highest BCUT2D eigenvalue weighted by atomic mass is 16.4. The van der Waals surface area contributed by atoms with Crippen LogP contribution in [-0.4, -0.2) is 16.9 Å². The monoisotopic (exact) mass is 210 g/mol. The Morgan fingerprint density at radius 1 is 1.20 bits per heavy atom. The summed E-state index contributed by atoms with van der Waals surface area (Å²) in [6.45, 7) is 5.89. The molecular formula is C12H18O3. The minimum atomic E-state index is -1.08. The van der Waals surface area contributed by atoms with Crippen LogP contribution in [0.25, 0.3) is 0 Å². The van der Waals surface area contributed by atoms with Crippen molar-refractivity contribution in [2.24, 2.45) is 0 Å². The third kappa shape index (κ3) is 8.94. The van der Waals surface area contributed by atoms with Gasteiger partial charge in [-0.25, -0.2) is 0 Å². The van der Waals surface area contributed by atoms with Gasteiger partial charge in [0, 0.05) is 0 Å². The molecule has 0 saturated heterocycles. The van der Waals surface area contributed by atoms with Crippen molar-refractivity contribution in [1.29, 1.82) is 0 Å². The standard InChI is InChI=1S/C12H18O3/c1-9(2)5-4-6-10(3)7-11(13)8-12(14)15/h5,7H,4,6,8H2,1-3H3,(H,14,15)/b10-7+. The van der Waals surface area contributed by atoms with E-state index in [0.29, 0.717) is 0 Å². The zero-order valence-corrected chi connectivity index (χ0v) is 9.54. The molecule has 1 N–H and O–H groups in total. The molecule has 84 valence electrons. The lowest BCUT2D eigenvalue weighted by atomic mass is 10.1. The molecule has 0 fully saturated rings. The van der Waals surface area contributed by atoms with Crippen molar-refractivity contribution in [1.82, 2.24) is 0 Å². The summed E-state index contributed by atoms with van der Waals surface area (Å²) in [5, 5.41) is 8.39. The number of ketones is 1. The molecule has 0 rings (SSSR count). The predicted molar refractivity (Wildman–Crippen MR) is 59.7 cm³/mol. The average Bonchev–Trinajstić information content (AvgIpc) is 2.00. The molecule has 0 atom stereocenters. The van der Waals surface area contributed by atoms with Crippen LogP contribution in [0.4, 0.5) is 0 Å². The lowest BCUT2D eigenvalue weighted by Gasteiger charge is -1.97. The van der Waals surface area contributed by atoms with Gasteiger partial charge in [-0.3, -0.25) is 9.59 Å². The fourth-order valence-electron chi connectivity index (χ4n) is 1.14. The van der Waals surface area contributed by atoms with Gasteiger partial charge in [0.2, 0.25) is 0 Å². The third-order valence-electron chi connectivity index (χ3n) is 1.82. The highest BCUT2D eigenvalue weighted by Crippen LogP contribution is 2.07. The van der Waals surface area contributed by atoms with Crippen LogP contribution in [0.1, 0.15) is 40.0 Å². The lowest BCUT2D eigenvalue weighted by molar-refractivity contribution is -0.139. The van der Waals surface area contributed by atoms with Crippen LogP contribution in [0.15, 0.2) is 23.3 Å². The molecule has 0 aromatic rings. The van der Waals surface area contributed by atoms with E-state index in [1.165, 1.54) is 11.6 Å². The maximum Gasteiger partial charge on any atom is 0.311 e. The van der Waals surface area contributed by atoms with Crippen molar-refractivity contribution in [3.63, 3.8) is 0 Å². The van der Waals surface area contributed by atoms with Crippen LogP contribution < -0.4 is 0 Å². The molecule has 0 aliphatic rings. The summed E-state index contributed by atoms with van der Waals surface area (Å²) in [7, 11) is 0. The molecule has 3 nitrogen and oxygen atoms in total. The van der Waals surface area contributed by atoms with Gasteiger partial charge in [0.05, 0.1) is 0 Å². The largest absolute Gasteiger partial charge is 0.481 e. The fraction of sp³-hybridized carbons (Fsp3) is 0.500. The highest BCUT2D eigenvalue weighted by Gasteiger charge is 2.04. The summed E-state index contributed by atoms with van der Waals surface area (Å²) in [4.78, 5) is 21.3. The zero-order valence-electron chi connectivity index (χ0n) is 9.54. The molecule has 15 heavy (non-hydrogen) atoms. The second kappa shape index (κ2) is 6.98. The first-order valence-electron chi connectivity index (χ1n) is 4.97. The summed E-state index contributed by atoms with van der Waals surface area (Å²) in [6.07, 6.45) is 4.80. The molecule has 0 aromatic carbocycles. The van der Waals surface area contributed by atoms with Crippen molar-refractivity contribution in [3.8, 4) is 0 Å². The molecule has 0 bridgehead atoms. The Balaban J connectivity index is 4.03. The SMILES string of the molecule is CC(C)=CCC/C(C)=C/C(=O)CC(=O)O. The molecule has 0 heterocycles. The first kappa shape index (κ1) is 13.6. The van der Waals surface area contributed by atoms with Gasteiger partial charge in [-0.1, -0.05) is 17.2 Å².